The molecule has 0 saturated heterocycles. The Morgan fingerprint density at radius 2 is 2.04 bits per heavy atom. The summed E-state index contributed by atoms with van der Waals surface area (Å²) in [6, 6.07) is 6.47. The van der Waals surface area contributed by atoms with Crippen molar-refractivity contribution in [3.05, 3.63) is 23.8 Å². The lowest BCUT2D eigenvalue weighted by Gasteiger charge is -2.39. The van der Waals surface area contributed by atoms with Gasteiger partial charge in [0.1, 0.15) is 6.73 Å². The van der Waals surface area contributed by atoms with Gasteiger partial charge in [-0.1, -0.05) is 25.8 Å². The van der Waals surface area contributed by atoms with Crippen molar-refractivity contribution in [3.63, 3.8) is 0 Å². The first-order valence-electron chi connectivity index (χ1n) is 10.1. The van der Waals surface area contributed by atoms with Gasteiger partial charge in [-0.05, 0) is 50.6 Å². The normalized spacial score (nSPS) is 20.0. The van der Waals surface area contributed by atoms with Gasteiger partial charge in [0, 0.05) is 12.6 Å². The molecule has 1 aromatic carbocycles. The number of aliphatic hydroxyl groups excluding tert-OH is 1. The minimum Gasteiger partial charge on any atom is -0.493 e. The van der Waals surface area contributed by atoms with Crippen molar-refractivity contribution in [1.29, 1.82) is 0 Å². The molecule has 1 aliphatic rings. The largest absolute Gasteiger partial charge is 0.493 e. The zero-order chi connectivity index (χ0) is 19.5. The second-order valence-electron chi connectivity index (χ2n) is 6.99. The quantitative estimate of drug-likeness (QED) is 0.543. The van der Waals surface area contributed by atoms with Crippen molar-refractivity contribution in [2.24, 2.45) is 0 Å². The van der Waals surface area contributed by atoms with E-state index < -0.39 is 0 Å². The second kappa shape index (κ2) is 12.2. The van der Waals surface area contributed by atoms with Crippen molar-refractivity contribution in [3.8, 4) is 11.5 Å². The van der Waals surface area contributed by atoms with Gasteiger partial charge in [0.2, 0.25) is 0 Å². The first-order valence-corrected chi connectivity index (χ1v) is 10.1. The van der Waals surface area contributed by atoms with E-state index in [4.69, 9.17) is 14.2 Å². The maximum absolute atomic E-state index is 9.33. The minimum atomic E-state index is 0.207. The Morgan fingerprint density at radius 3 is 2.74 bits per heavy atom. The Kier molecular flexibility index (Phi) is 9.91. The third-order valence-corrected chi connectivity index (χ3v) is 5.25. The molecule has 2 atom stereocenters. The third-order valence-electron chi connectivity index (χ3n) is 5.25. The number of ether oxygens (including phenoxy) is 3. The van der Waals surface area contributed by atoms with Crippen LogP contribution in [0.1, 0.15) is 38.2 Å². The predicted octanol–water partition coefficient (Wildman–Crippen LogP) is 2.44. The SMILES string of the molecule is CCN(CCO)C1CCCCC1OCCc1ccc(OCNC)c(OC)c1. The first kappa shape index (κ1) is 22.0. The van der Waals surface area contributed by atoms with Crippen LogP contribution in [0.2, 0.25) is 0 Å². The van der Waals surface area contributed by atoms with E-state index >= 15 is 0 Å². The fraction of sp³-hybridized carbons (Fsp3) is 0.714. The second-order valence-corrected chi connectivity index (χ2v) is 6.99. The zero-order valence-corrected chi connectivity index (χ0v) is 17.1. The summed E-state index contributed by atoms with van der Waals surface area (Å²) in [6.45, 7) is 5.19. The predicted molar refractivity (Wildman–Crippen MR) is 108 cm³/mol. The van der Waals surface area contributed by atoms with Crippen LogP contribution in [0.4, 0.5) is 0 Å². The first-order chi connectivity index (χ1) is 13.2. The van der Waals surface area contributed by atoms with E-state index in [9.17, 15) is 5.11 Å². The van der Waals surface area contributed by atoms with Crippen molar-refractivity contribution in [2.75, 3.05) is 47.2 Å². The van der Waals surface area contributed by atoms with Gasteiger partial charge in [-0.2, -0.15) is 0 Å². The van der Waals surface area contributed by atoms with Gasteiger partial charge in [0.25, 0.3) is 0 Å². The third kappa shape index (κ3) is 6.64. The van der Waals surface area contributed by atoms with Gasteiger partial charge >= 0.3 is 0 Å². The number of aliphatic hydroxyl groups is 1. The Labute approximate surface area is 163 Å². The molecule has 0 spiro atoms. The van der Waals surface area contributed by atoms with Crippen LogP contribution in [0.15, 0.2) is 18.2 Å². The maximum atomic E-state index is 9.33. The maximum Gasteiger partial charge on any atom is 0.163 e. The average Bonchev–Trinajstić information content (AvgIpc) is 2.71. The molecule has 2 unspecified atom stereocenters. The average molecular weight is 381 g/mol. The molecule has 6 nitrogen and oxygen atoms in total. The van der Waals surface area contributed by atoms with Gasteiger partial charge < -0.3 is 19.3 Å². The van der Waals surface area contributed by atoms with Crippen molar-refractivity contribution in [1.82, 2.24) is 10.2 Å². The molecular weight excluding hydrogens is 344 g/mol. The minimum absolute atomic E-state index is 0.207. The van der Waals surface area contributed by atoms with Crippen LogP contribution >= 0.6 is 0 Å². The summed E-state index contributed by atoms with van der Waals surface area (Å²) in [6.07, 6.45) is 5.83. The number of hydrogen-bond donors (Lipinski definition) is 2. The topological polar surface area (TPSA) is 63.2 Å². The van der Waals surface area contributed by atoms with Gasteiger partial charge in [0.15, 0.2) is 11.5 Å². The van der Waals surface area contributed by atoms with E-state index in [-0.39, 0.29) is 12.7 Å². The lowest BCUT2D eigenvalue weighted by Crippen LogP contribution is -2.47. The van der Waals surface area contributed by atoms with Gasteiger partial charge in [0.05, 0.1) is 26.4 Å². The fourth-order valence-electron chi connectivity index (χ4n) is 3.84. The van der Waals surface area contributed by atoms with E-state index in [0.29, 0.717) is 19.4 Å². The summed E-state index contributed by atoms with van der Waals surface area (Å²) in [5.74, 6) is 1.49. The summed E-state index contributed by atoms with van der Waals surface area (Å²) in [5.41, 5.74) is 1.18. The van der Waals surface area contributed by atoms with E-state index in [1.165, 1.54) is 18.4 Å². The number of nitrogens with one attached hydrogen (secondary N) is 1. The highest BCUT2D eigenvalue weighted by Gasteiger charge is 2.29. The van der Waals surface area contributed by atoms with E-state index in [0.717, 1.165) is 43.9 Å². The van der Waals surface area contributed by atoms with Crippen LogP contribution < -0.4 is 14.8 Å². The van der Waals surface area contributed by atoms with Gasteiger partial charge in [-0.25, -0.2) is 0 Å². The van der Waals surface area contributed by atoms with Crippen molar-refractivity contribution in [2.45, 2.75) is 51.2 Å². The van der Waals surface area contributed by atoms with Gasteiger partial charge in [-0.15, -0.1) is 0 Å². The highest BCUT2D eigenvalue weighted by atomic mass is 16.5. The van der Waals surface area contributed by atoms with Crippen LogP contribution in [0, 0.1) is 0 Å². The molecule has 0 radical (unpaired) electrons. The Hall–Kier alpha value is -1.34. The van der Waals surface area contributed by atoms with E-state index in [1.54, 1.807) is 7.11 Å². The molecule has 154 valence electrons. The zero-order valence-electron chi connectivity index (χ0n) is 17.1. The summed E-state index contributed by atoms with van der Waals surface area (Å²) < 4.78 is 17.4. The van der Waals surface area contributed by atoms with Crippen molar-refractivity contribution >= 4 is 0 Å². The molecule has 6 heteroatoms. The number of nitrogens with zero attached hydrogens (tertiary/aromatic N) is 1. The van der Waals surface area contributed by atoms with E-state index in [1.807, 2.05) is 19.2 Å². The molecule has 0 bridgehead atoms. The van der Waals surface area contributed by atoms with Crippen LogP contribution in [0.25, 0.3) is 0 Å². The molecule has 1 aromatic rings. The monoisotopic (exact) mass is 380 g/mol. The molecular formula is C21H36N2O4. The number of hydrogen-bond acceptors (Lipinski definition) is 6. The molecule has 1 aliphatic carbocycles. The lowest BCUT2D eigenvalue weighted by atomic mass is 9.91. The Balaban J connectivity index is 1.90. The summed E-state index contributed by atoms with van der Waals surface area (Å²) in [7, 11) is 3.51. The molecule has 27 heavy (non-hydrogen) atoms. The number of benzene rings is 1. The van der Waals surface area contributed by atoms with Crippen LogP contribution in [0.3, 0.4) is 0 Å². The molecule has 1 fully saturated rings. The molecule has 0 amide bonds. The van der Waals surface area contributed by atoms with Gasteiger partial charge in [-0.3, -0.25) is 10.2 Å². The number of rotatable bonds is 12. The molecule has 2 rings (SSSR count). The molecule has 0 aromatic heterocycles. The standard InChI is InChI=1S/C21H36N2O4/c1-4-23(12-13-24)18-7-5-6-8-19(18)26-14-11-17-9-10-20(27-16-22-2)21(15-17)25-3/h9-10,15,18-19,22,24H,4-8,11-14,16H2,1-3H3. The lowest BCUT2D eigenvalue weighted by molar-refractivity contribution is -0.0372. The summed E-state index contributed by atoms with van der Waals surface area (Å²) in [4.78, 5) is 2.36. The molecule has 1 saturated carbocycles. The van der Waals surface area contributed by atoms with Crippen molar-refractivity contribution < 1.29 is 19.3 Å². The number of likely N-dealkylation sites (N-methyl/N-ethyl adjacent to an activating group) is 1. The molecule has 0 aliphatic heterocycles. The van der Waals surface area contributed by atoms with Crippen LogP contribution in [-0.4, -0.2) is 69.3 Å². The smallest absolute Gasteiger partial charge is 0.163 e. The molecule has 2 N–H and O–H groups in total. The molecule has 0 heterocycles. The fourth-order valence-corrected chi connectivity index (χ4v) is 3.84. The van der Waals surface area contributed by atoms with Crippen LogP contribution in [0.5, 0.6) is 11.5 Å². The Morgan fingerprint density at radius 1 is 1.22 bits per heavy atom. The summed E-state index contributed by atoms with van der Waals surface area (Å²) in [5, 5.41) is 12.3. The number of methoxy groups -OCH3 is 1. The van der Waals surface area contributed by atoms with Crippen LogP contribution in [-0.2, 0) is 11.2 Å². The van der Waals surface area contributed by atoms with E-state index in [2.05, 4.69) is 23.2 Å². The highest BCUT2D eigenvalue weighted by Crippen LogP contribution is 2.29. The Bertz CT molecular complexity index is 541. The highest BCUT2D eigenvalue weighted by molar-refractivity contribution is 5.43. The summed E-state index contributed by atoms with van der Waals surface area (Å²) >= 11 is 0.